The highest BCUT2D eigenvalue weighted by molar-refractivity contribution is 9.10. The maximum Gasteiger partial charge on any atom is 0.304 e. The maximum atomic E-state index is 11.9. The Labute approximate surface area is 111 Å². The number of aromatic nitrogens is 2. The molecule has 1 N–H and O–H groups in total. The van der Waals surface area contributed by atoms with Crippen molar-refractivity contribution in [2.75, 3.05) is 0 Å². The monoisotopic (exact) mass is 322 g/mol. The van der Waals surface area contributed by atoms with Crippen molar-refractivity contribution in [1.82, 2.24) is 9.78 Å². The van der Waals surface area contributed by atoms with E-state index in [1.807, 2.05) is 6.92 Å². The number of carboxylic acid groups (broad SMARTS) is 1. The first-order valence-corrected chi connectivity index (χ1v) is 7.27. The standard InChI is InChI=1S/C10H15BrN2O3S/c1-6(4-9(14)15)17(16)5-8-10(11)7(2)12-13(8)3/h6H,4-5H2,1-3H3,(H,14,15). The largest absolute Gasteiger partial charge is 0.481 e. The number of carbonyl (C=O) groups is 1. The van der Waals surface area contributed by atoms with Crippen molar-refractivity contribution in [1.29, 1.82) is 0 Å². The number of nitrogens with zero attached hydrogens (tertiary/aromatic N) is 2. The molecule has 1 aromatic rings. The van der Waals surface area contributed by atoms with Crippen LogP contribution in [0.3, 0.4) is 0 Å². The molecule has 0 fully saturated rings. The van der Waals surface area contributed by atoms with Gasteiger partial charge in [0.15, 0.2) is 0 Å². The van der Waals surface area contributed by atoms with Crippen LogP contribution in [-0.2, 0) is 28.4 Å². The topological polar surface area (TPSA) is 72.2 Å². The average molecular weight is 323 g/mol. The van der Waals surface area contributed by atoms with Crippen molar-refractivity contribution in [2.45, 2.75) is 31.3 Å². The molecular weight excluding hydrogens is 308 g/mol. The van der Waals surface area contributed by atoms with Gasteiger partial charge in [0.25, 0.3) is 0 Å². The molecule has 0 saturated carbocycles. The second kappa shape index (κ2) is 5.77. The fourth-order valence-corrected chi connectivity index (χ4v) is 3.33. The number of hydrogen-bond acceptors (Lipinski definition) is 3. The third-order valence-electron chi connectivity index (χ3n) is 2.45. The minimum atomic E-state index is -1.22. The summed E-state index contributed by atoms with van der Waals surface area (Å²) in [4.78, 5) is 10.5. The Bertz CT molecular complexity index is 459. The first kappa shape index (κ1) is 14.4. The molecule has 0 amide bonds. The third-order valence-corrected chi connectivity index (χ3v) is 5.11. The van der Waals surface area contributed by atoms with Gasteiger partial charge in [0, 0.05) is 23.1 Å². The number of carboxylic acids is 1. The van der Waals surface area contributed by atoms with E-state index in [-0.39, 0.29) is 11.7 Å². The van der Waals surface area contributed by atoms with Crippen LogP contribution < -0.4 is 0 Å². The highest BCUT2D eigenvalue weighted by Gasteiger charge is 2.19. The number of rotatable bonds is 5. The molecule has 96 valence electrons. The van der Waals surface area contributed by atoms with E-state index in [1.165, 1.54) is 0 Å². The Hall–Kier alpha value is -0.690. The zero-order valence-corrected chi connectivity index (χ0v) is 12.3. The molecule has 0 radical (unpaired) electrons. The SMILES string of the molecule is Cc1nn(C)c(CS(=O)C(C)CC(=O)O)c1Br. The summed E-state index contributed by atoms with van der Waals surface area (Å²) in [7, 11) is 0.569. The van der Waals surface area contributed by atoms with Crippen molar-refractivity contribution >= 4 is 32.7 Å². The van der Waals surface area contributed by atoms with Crippen LogP contribution in [0.15, 0.2) is 4.47 Å². The molecule has 1 heterocycles. The molecule has 5 nitrogen and oxygen atoms in total. The van der Waals surface area contributed by atoms with Crippen LogP contribution in [0.2, 0.25) is 0 Å². The lowest BCUT2D eigenvalue weighted by atomic mass is 10.3. The Morgan fingerprint density at radius 1 is 1.65 bits per heavy atom. The van der Waals surface area contributed by atoms with Crippen molar-refractivity contribution in [3.8, 4) is 0 Å². The summed E-state index contributed by atoms with van der Waals surface area (Å²) in [6, 6.07) is 0. The van der Waals surface area contributed by atoms with Crippen LogP contribution in [0.1, 0.15) is 24.7 Å². The van der Waals surface area contributed by atoms with E-state index in [2.05, 4.69) is 21.0 Å². The third kappa shape index (κ3) is 3.64. The van der Waals surface area contributed by atoms with Crippen LogP contribution in [0.5, 0.6) is 0 Å². The molecule has 7 heteroatoms. The highest BCUT2D eigenvalue weighted by Crippen LogP contribution is 2.22. The molecule has 1 aromatic heterocycles. The molecule has 0 aliphatic carbocycles. The van der Waals surface area contributed by atoms with Gasteiger partial charge in [-0.25, -0.2) is 0 Å². The Morgan fingerprint density at radius 2 is 2.24 bits per heavy atom. The molecule has 2 atom stereocenters. The van der Waals surface area contributed by atoms with Gasteiger partial charge in [0.2, 0.25) is 0 Å². The molecule has 0 aromatic carbocycles. The predicted octanol–water partition coefficient (Wildman–Crippen LogP) is 1.60. The maximum absolute atomic E-state index is 11.9. The molecule has 0 spiro atoms. The van der Waals surface area contributed by atoms with Gasteiger partial charge in [0.05, 0.1) is 28.0 Å². The van der Waals surface area contributed by atoms with Gasteiger partial charge in [-0.2, -0.15) is 5.10 Å². The van der Waals surface area contributed by atoms with Gasteiger partial charge < -0.3 is 5.11 Å². The summed E-state index contributed by atoms with van der Waals surface area (Å²) in [5.41, 5.74) is 1.67. The van der Waals surface area contributed by atoms with E-state index in [4.69, 9.17) is 5.11 Å². The molecular formula is C10H15BrN2O3S. The molecule has 0 aliphatic heterocycles. The zero-order chi connectivity index (χ0) is 13.2. The molecule has 2 unspecified atom stereocenters. The molecule has 1 rings (SSSR count). The van der Waals surface area contributed by atoms with Crippen molar-refractivity contribution < 1.29 is 14.1 Å². The zero-order valence-electron chi connectivity index (χ0n) is 9.94. The number of hydrogen-bond donors (Lipinski definition) is 1. The minimum Gasteiger partial charge on any atom is -0.481 e. The summed E-state index contributed by atoms with van der Waals surface area (Å²) in [6.45, 7) is 3.54. The Kier molecular flexibility index (Phi) is 4.88. The number of halogens is 1. The summed E-state index contributed by atoms with van der Waals surface area (Å²) in [6.07, 6.45) is -0.0823. The minimum absolute atomic E-state index is 0.0823. The highest BCUT2D eigenvalue weighted by atomic mass is 79.9. The first-order valence-electron chi connectivity index (χ1n) is 5.09. The Balaban J connectivity index is 2.77. The number of aliphatic carboxylic acids is 1. The molecule has 0 aliphatic rings. The number of aryl methyl sites for hydroxylation is 2. The normalized spacial score (nSPS) is 14.6. The van der Waals surface area contributed by atoms with Crippen LogP contribution >= 0.6 is 15.9 Å². The van der Waals surface area contributed by atoms with E-state index in [0.29, 0.717) is 5.75 Å². The van der Waals surface area contributed by atoms with E-state index < -0.39 is 16.8 Å². The lowest BCUT2D eigenvalue weighted by Crippen LogP contribution is -2.18. The fourth-order valence-electron chi connectivity index (χ4n) is 1.45. The van der Waals surface area contributed by atoms with E-state index >= 15 is 0 Å². The fraction of sp³-hybridized carbons (Fsp3) is 0.600. The van der Waals surface area contributed by atoms with Gasteiger partial charge in [-0.1, -0.05) is 6.92 Å². The van der Waals surface area contributed by atoms with E-state index in [1.54, 1.807) is 18.7 Å². The van der Waals surface area contributed by atoms with Gasteiger partial charge in [-0.05, 0) is 22.9 Å². The van der Waals surface area contributed by atoms with Gasteiger partial charge in [-0.3, -0.25) is 13.7 Å². The van der Waals surface area contributed by atoms with Crippen LogP contribution in [-0.4, -0.2) is 30.3 Å². The predicted molar refractivity (Wildman–Crippen MR) is 69.2 cm³/mol. The first-order chi connectivity index (χ1) is 7.82. The van der Waals surface area contributed by atoms with Crippen molar-refractivity contribution in [3.63, 3.8) is 0 Å². The second-order valence-corrected chi connectivity index (χ2v) is 6.55. The van der Waals surface area contributed by atoms with Gasteiger partial charge >= 0.3 is 5.97 Å². The van der Waals surface area contributed by atoms with Crippen LogP contribution in [0.4, 0.5) is 0 Å². The van der Waals surface area contributed by atoms with Crippen molar-refractivity contribution in [3.05, 3.63) is 15.9 Å². The van der Waals surface area contributed by atoms with Gasteiger partial charge in [0.1, 0.15) is 0 Å². The molecule has 0 bridgehead atoms. The molecule has 0 saturated heterocycles. The summed E-state index contributed by atoms with van der Waals surface area (Å²) < 4.78 is 14.5. The molecule has 17 heavy (non-hydrogen) atoms. The second-order valence-electron chi connectivity index (χ2n) is 3.90. The van der Waals surface area contributed by atoms with Crippen molar-refractivity contribution in [2.24, 2.45) is 7.05 Å². The summed E-state index contributed by atoms with van der Waals surface area (Å²) in [5, 5.41) is 12.5. The quantitative estimate of drug-likeness (QED) is 0.893. The average Bonchev–Trinajstić information content (AvgIpc) is 2.44. The van der Waals surface area contributed by atoms with E-state index in [9.17, 15) is 9.00 Å². The Morgan fingerprint density at radius 3 is 2.65 bits per heavy atom. The smallest absolute Gasteiger partial charge is 0.304 e. The van der Waals surface area contributed by atoms with Gasteiger partial charge in [-0.15, -0.1) is 0 Å². The van der Waals surface area contributed by atoms with E-state index in [0.717, 1.165) is 15.9 Å². The van der Waals surface area contributed by atoms with Crippen LogP contribution in [0, 0.1) is 6.92 Å². The summed E-state index contributed by atoms with van der Waals surface area (Å²) in [5.74, 6) is -0.613. The lowest BCUT2D eigenvalue weighted by Gasteiger charge is -2.09. The lowest BCUT2D eigenvalue weighted by molar-refractivity contribution is -0.136. The van der Waals surface area contributed by atoms with Crippen LogP contribution in [0.25, 0.3) is 0 Å². The summed E-state index contributed by atoms with van der Waals surface area (Å²) >= 11 is 3.40.